The molecule has 2 aromatic rings. The average molecular weight is 407 g/mol. The Morgan fingerprint density at radius 3 is 2.18 bits per heavy atom. The van der Waals surface area contributed by atoms with Gasteiger partial charge in [-0.1, -0.05) is 31.2 Å². The summed E-state index contributed by atoms with van der Waals surface area (Å²) in [4.78, 5) is 12.1. The summed E-state index contributed by atoms with van der Waals surface area (Å²) in [5.41, 5.74) is 1.38. The van der Waals surface area contributed by atoms with E-state index in [0.29, 0.717) is 17.9 Å². The molecule has 0 saturated carbocycles. The summed E-state index contributed by atoms with van der Waals surface area (Å²) in [6.07, 6.45) is 0.933. The van der Waals surface area contributed by atoms with Crippen molar-refractivity contribution in [2.24, 2.45) is 0 Å². The molecule has 1 amide bonds. The summed E-state index contributed by atoms with van der Waals surface area (Å²) in [5, 5.41) is 2.75. The smallest absolute Gasteiger partial charge is 0.258 e. The second-order valence-electron chi connectivity index (χ2n) is 6.12. The largest absolute Gasteiger partial charge is 0.494 e. The third-order valence-corrected chi connectivity index (χ3v) is 5.23. The lowest BCUT2D eigenvalue weighted by Gasteiger charge is -2.12. The third kappa shape index (κ3) is 7.21. The van der Waals surface area contributed by atoms with Gasteiger partial charge in [-0.15, -0.1) is 0 Å². The minimum absolute atomic E-state index is 0.133. The number of benzene rings is 2. The van der Waals surface area contributed by atoms with Crippen molar-refractivity contribution in [3.63, 3.8) is 0 Å². The molecule has 0 spiro atoms. The summed E-state index contributed by atoms with van der Waals surface area (Å²) >= 11 is 0. The van der Waals surface area contributed by atoms with Gasteiger partial charge < -0.3 is 14.8 Å². The molecule has 0 radical (unpaired) electrons. The summed E-state index contributed by atoms with van der Waals surface area (Å²) < 4.78 is 36.8. The van der Waals surface area contributed by atoms with Crippen molar-refractivity contribution in [1.29, 1.82) is 0 Å². The van der Waals surface area contributed by atoms with Gasteiger partial charge >= 0.3 is 0 Å². The molecule has 2 rings (SSSR count). The molecule has 8 heteroatoms. The Kier molecular flexibility index (Phi) is 8.28. The highest BCUT2D eigenvalue weighted by Gasteiger charge is 2.12. The van der Waals surface area contributed by atoms with E-state index >= 15 is 0 Å². The first-order valence-electron chi connectivity index (χ1n) is 9.04. The monoisotopic (exact) mass is 406 g/mol. The number of carbonyl (C=O) groups is 1. The van der Waals surface area contributed by atoms with Gasteiger partial charge in [0.05, 0.1) is 12.4 Å². The van der Waals surface area contributed by atoms with E-state index in [-0.39, 0.29) is 24.8 Å². The van der Waals surface area contributed by atoms with Crippen molar-refractivity contribution < 1.29 is 22.7 Å². The molecule has 0 saturated heterocycles. The normalized spacial score (nSPS) is 11.1. The van der Waals surface area contributed by atoms with Crippen LogP contribution in [0.3, 0.4) is 0 Å². The van der Waals surface area contributed by atoms with Gasteiger partial charge in [0.15, 0.2) is 6.61 Å². The molecule has 0 unspecified atom stereocenters. The van der Waals surface area contributed by atoms with Crippen LogP contribution in [0.5, 0.6) is 11.5 Å². The average Bonchev–Trinajstić information content (AvgIpc) is 2.70. The lowest BCUT2D eigenvalue weighted by atomic mass is 10.1. The number of sulfonamides is 1. The molecule has 0 fully saturated rings. The van der Waals surface area contributed by atoms with Gasteiger partial charge in [-0.05, 0) is 48.9 Å². The molecular weight excluding hydrogens is 380 g/mol. The number of amides is 1. The number of hydrogen-bond acceptors (Lipinski definition) is 5. The second kappa shape index (κ2) is 10.7. The van der Waals surface area contributed by atoms with E-state index in [1.165, 1.54) is 7.05 Å². The van der Waals surface area contributed by atoms with Crippen LogP contribution in [-0.4, -0.2) is 34.6 Å². The van der Waals surface area contributed by atoms with E-state index in [9.17, 15) is 13.2 Å². The molecule has 0 aliphatic heterocycles. The molecule has 0 bridgehead atoms. The van der Waals surface area contributed by atoms with Gasteiger partial charge in [-0.3, -0.25) is 4.79 Å². The summed E-state index contributed by atoms with van der Waals surface area (Å²) in [5.74, 6) is 0.891. The maximum atomic E-state index is 12.1. The number of carbonyl (C=O) groups excluding carboxylic acids is 1. The van der Waals surface area contributed by atoms with Crippen LogP contribution in [0.1, 0.15) is 24.5 Å². The fourth-order valence-electron chi connectivity index (χ4n) is 2.39. The Morgan fingerprint density at radius 2 is 1.57 bits per heavy atom. The Bertz CT molecular complexity index is 866. The predicted octanol–water partition coefficient (Wildman–Crippen LogP) is 2.22. The first-order chi connectivity index (χ1) is 13.4. The Hall–Kier alpha value is -2.58. The minimum Gasteiger partial charge on any atom is -0.494 e. The van der Waals surface area contributed by atoms with Crippen molar-refractivity contribution >= 4 is 15.9 Å². The fourth-order valence-corrected chi connectivity index (χ4v) is 3.23. The van der Waals surface area contributed by atoms with E-state index in [0.717, 1.165) is 17.7 Å². The molecule has 152 valence electrons. The lowest BCUT2D eigenvalue weighted by molar-refractivity contribution is -0.123. The number of hydrogen-bond donors (Lipinski definition) is 2. The van der Waals surface area contributed by atoms with Crippen LogP contribution in [0.15, 0.2) is 48.5 Å². The van der Waals surface area contributed by atoms with Gasteiger partial charge in [-0.25, -0.2) is 13.1 Å². The third-order valence-electron chi connectivity index (χ3n) is 3.92. The first kappa shape index (κ1) is 21.7. The molecule has 0 aliphatic rings. The Labute approximate surface area is 166 Å². The van der Waals surface area contributed by atoms with E-state index in [1.54, 1.807) is 48.5 Å². The van der Waals surface area contributed by atoms with Crippen LogP contribution in [0.25, 0.3) is 0 Å². The zero-order valence-corrected chi connectivity index (χ0v) is 16.9. The van der Waals surface area contributed by atoms with E-state index in [4.69, 9.17) is 9.47 Å². The predicted molar refractivity (Wildman–Crippen MR) is 108 cm³/mol. The summed E-state index contributed by atoms with van der Waals surface area (Å²) in [6.45, 7) is 2.78. The lowest BCUT2D eigenvalue weighted by Crippen LogP contribution is -2.29. The van der Waals surface area contributed by atoms with Crippen LogP contribution >= 0.6 is 0 Å². The zero-order valence-electron chi connectivity index (χ0n) is 16.1. The number of nitrogens with one attached hydrogen (secondary N) is 2. The molecular formula is C20H26N2O5S. The van der Waals surface area contributed by atoms with Crippen LogP contribution in [0, 0.1) is 0 Å². The molecule has 28 heavy (non-hydrogen) atoms. The fraction of sp³-hybridized carbons (Fsp3) is 0.350. The van der Waals surface area contributed by atoms with Crippen molar-refractivity contribution in [3.8, 4) is 11.5 Å². The molecule has 7 nitrogen and oxygen atoms in total. The standard InChI is InChI=1S/C20H26N2O5S/c1-3-12-26-18-8-10-19(11-9-18)27-14-20(23)22-13-16-6-4-5-7-17(16)15-28(24,25)21-2/h4-11,21H,3,12-15H2,1-2H3,(H,22,23). The van der Waals surface area contributed by atoms with Gasteiger partial charge in [0, 0.05) is 6.54 Å². The zero-order chi connectivity index (χ0) is 20.4. The van der Waals surface area contributed by atoms with Gasteiger partial charge in [0.2, 0.25) is 10.0 Å². The maximum absolute atomic E-state index is 12.1. The first-order valence-corrected chi connectivity index (χ1v) is 10.7. The van der Waals surface area contributed by atoms with E-state index < -0.39 is 10.0 Å². The molecule has 0 aromatic heterocycles. The highest BCUT2D eigenvalue weighted by Crippen LogP contribution is 2.17. The summed E-state index contributed by atoms with van der Waals surface area (Å²) in [6, 6.07) is 14.2. The van der Waals surface area contributed by atoms with Crippen molar-refractivity contribution in [2.45, 2.75) is 25.6 Å². The number of rotatable bonds is 11. The highest BCUT2D eigenvalue weighted by molar-refractivity contribution is 7.88. The van der Waals surface area contributed by atoms with Crippen LogP contribution in [-0.2, 0) is 27.1 Å². The van der Waals surface area contributed by atoms with Crippen LogP contribution in [0.2, 0.25) is 0 Å². The van der Waals surface area contributed by atoms with E-state index in [2.05, 4.69) is 10.0 Å². The van der Waals surface area contributed by atoms with Crippen molar-refractivity contribution in [1.82, 2.24) is 10.0 Å². The minimum atomic E-state index is -3.39. The number of ether oxygens (including phenoxy) is 2. The van der Waals surface area contributed by atoms with Crippen molar-refractivity contribution in [3.05, 3.63) is 59.7 Å². The Morgan fingerprint density at radius 1 is 0.964 bits per heavy atom. The quantitative estimate of drug-likeness (QED) is 0.597. The maximum Gasteiger partial charge on any atom is 0.258 e. The van der Waals surface area contributed by atoms with Crippen LogP contribution in [0.4, 0.5) is 0 Å². The SMILES string of the molecule is CCCOc1ccc(OCC(=O)NCc2ccccc2CS(=O)(=O)NC)cc1. The van der Waals surface area contributed by atoms with Crippen LogP contribution < -0.4 is 19.5 Å². The molecule has 0 aliphatic carbocycles. The van der Waals surface area contributed by atoms with E-state index in [1.807, 2.05) is 6.92 Å². The molecule has 0 heterocycles. The van der Waals surface area contributed by atoms with Gasteiger partial charge in [-0.2, -0.15) is 0 Å². The molecule has 0 atom stereocenters. The van der Waals surface area contributed by atoms with Crippen molar-refractivity contribution in [2.75, 3.05) is 20.3 Å². The van der Waals surface area contributed by atoms with Gasteiger partial charge in [0.25, 0.3) is 5.91 Å². The topological polar surface area (TPSA) is 93.7 Å². The van der Waals surface area contributed by atoms with Gasteiger partial charge in [0.1, 0.15) is 11.5 Å². The molecule has 2 N–H and O–H groups in total. The second-order valence-corrected chi connectivity index (χ2v) is 8.04. The molecule has 2 aromatic carbocycles. The highest BCUT2D eigenvalue weighted by atomic mass is 32.2. The summed E-state index contributed by atoms with van der Waals surface area (Å²) in [7, 11) is -2.01. The Balaban J connectivity index is 1.84.